The van der Waals surface area contributed by atoms with E-state index in [1.807, 2.05) is 6.92 Å². The van der Waals surface area contributed by atoms with Crippen LogP contribution in [0.1, 0.15) is 54.7 Å². The summed E-state index contributed by atoms with van der Waals surface area (Å²) in [6, 6.07) is 3.69. The van der Waals surface area contributed by atoms with Gasteiger partial charge in [0.2, 0.25) is 6.54 Å². The van der Waals surface area contributed by atoms with E-state index < -0.39 is 11.7 Å². The van der Waals surface area contributed by atoms with Crippen LogP contribution in [-0.4, -0.2) is 20.0 Å². The zero-order valence-corrected chi connectivity index (χ0v) is 14.5. The number of fused-ring (bicyclic) bond motifs is 3. The molecule has 1 aliphatic carbocycles. The molecule has 0 amide bonds. The van der Waals surface area contributed by atoms with Gasteiger partial charge in [-0.25, -0.2) is 9.72 Å². The van der Waals surface area contributed by atoms with Gasteiger partial charge in [-0.2, -0.15) is 13.2 Å². The lowest BCUT2D eigenvalue weighted by atomic mass is 9.82. The average Bonchev–Trinajstić information content (AvgIpc) is 2.89. The summed E-state index contributed by atoms with van der Waals surface area (Å²) < 4.78 is 42.6. The fourth-order valence-electron chi connectivity index (χ4n) is 4.19. The SMILES string of the molecule is Cc1cnc2n1-c1ccc(C(F)(F)F)cc1C(C1CCCCC1)=[N+]([O-])C2. The van der Waals surface area contributed by atoms with Gasteiger partial charge in [0.15, 0.2) is 11.5 Å². The normalized spacial score (nSPS) is 18.5. The maximum absolute atomic E-state index is 13.3. The number of hydrogen-bond donors (Lipinski definition) is 0. The van der Waals surface area contributed by atoms with Crippen LogP contribution in [0, 0.1) is 18.0 Å². The minimum atomic E-state index is -4.44. The van der Waals surface area contributed by atoms with E-state index in [2.05, 4.69) is 4.98 Å². The fraction of sp³-hybridized carbons (Fsp3) is 0.474. The molecule has 0 radical (unpaired) electrons. The van der Waals surface area contributed by atoms with Crippen LogP contribution in [0.15, 0.2) is 24.4 Å². The zero-order valence-electron chi connectivity index (χ0n) is 14.5. The van der Waals surface area contributed by atoms with Crippen LogP contribution < -0.4 is 0 Å². The highest BCUT2D eigenvalue weighted by molar-refractivity contribution is 6.02. The van der Waals surface area contributed by atoms with E-state index >= 15 is 0 Å². The molecule has 0 saturated heterocycles. The highest BCUT2D eigenvalue weighted by Gasteiger charge is 2.37. The first-order valence-electron chi connectivity index (χ1n) is 8.93. The number of hydrogen-bond acceptors (Lipinski definition) is 2. The van der Waals surface area contributed by atoms with Crippen LogP contribution in [0.25, 0.3) is 5.69 Å². The molecular formula is C19H20F3N3O. The lowest BCUT2D eigenvalue weighted by molar-refractivity contribution is -0.478. The summed E-state index contributed by atoms with van der Waals surface area (Å²) >= 11 is 0. The van der Waals surface area contributed by atoms with E-state index in [-0.39, 0.29) is 12.5 Å². The second-order valence-electron chi connectivity index (χ2n) is 7.14. The van der Waals surface area contributed by atoms with E-state index in [1.165, 1.54) is 6.07 Å². The topological polar surface area (TPSA) is 43.9 Å². The Morgan fingerprint density at radius 1 is 1.19 bits per heavy atom. The lowest BCUT2D eigenvalue weighted by Crippen LogP contribution is -2.27. The third-order valence-electron chi connectivity index (χ3n) is 5.40. The Labute approximate surface area is 149 Å². The molecule has 2 aromatic rings. The smallest absolute Gasteiger partial charge is 0.416 e. The Morgan fingerprint density at radius 3 is 2.62 bits per heavy atom. The minimum absolute atomic E-state index is 0.00611. The van der Waals surface area contributed by atoms with E-state index in [4.69, 9.17) is 0 Å². The van der Waals surface area contributed by atoms with Crippen molar-refractivity contribution in [3.8, 4) is 5.69 Å². The van der Waals surface area contributed by atoms with Crippen LogP contribution in [0.3, 0.4) is 0 Å². The van der Waals surface area contributed by atoms with Gasteiger partial charge in [0, 0.05) is 17.8 Å². The van der Waals surface area contributed by atoms with E-state index in [0.717, 1.165) is 54.7 Å². The standard InChI is InChI=1S/C19H20F3N3O/c1-12-10-23-17-11-24(26)18(13-5-3-2-4-6-13)15-9-14(19(20,21)22)7-8-16(15)25(12)17/h7-10,13H,2-6,11H2,1H3. The van der Waals surface area contributed by atoms with E-state index in [9.17, 15) is 18.4 Å². The lowest BCUT2D eigenvalue weighted by Gasteiger charge is -2.23. The summed E-state index contributed by atoms with van der Waals surface area (Å²) in [5, 5.41) is 13.0. The van der Waals surface area contributed by atoms with Crippen molar-refractivity contribution in [2.75, 3.05) is 0 Å². The van der Waals surface area contributed by atoms with Gasteiger partial charge >= 0.3 is 6.18 Å². The molecular weight excluding hydrogens is 343 g/mol. The molecule has 1 aliphatic heterocycles. The molecule has 0 unspecified atom stereocenters. The third kappa shape index (κ3) is 2.79. The number of aryl methyl sites for hydroxylation is 1. The van der Waals surface area contributed by atoms with E-state index in [0.29, 0.717) is 22.8 Å². The molecule has 26 heavy (non-hydrogen) atoms. The highest BCUT2D eigenvalue weighted by Crippen LogP contribution is 2.36. The van der Waals surface area contributed by atoms with Crippen molar-refractivity contribution in [3.05, 3.63) is 52.2 Å². The molecule has 1 aromatic carbocycles. The molecule has 4 rings (SSSR count). The van der Waals surface area contributed by atoms with Crippen LogP contribution in [0.2, 0.25) is 0 Å². The summed E-state index contributed by atoms with van der Waals surface area (Å²) in [6.45, 7) is 1.90. The molecule has 7 heteroatoms. The molecule has 0 N–H and O–H groups in total. The monoisotopic (exact) mass is 363 g/mol. The number of halogens is 3. The maximum atomic E-state index is 13.3. The first-order valence-corrected chi connectivity index (χ1v) is 8.93. The summed E-state index contributed by atoms with van der Waals surface area (Å²) in [7, 11) is 0. The van der Waals surface area contributed by atoms with Crippen molar-refractivity contribution in [3.63, 3.8) is 0 Å². The Kier molecular flexibility index (Phi) is 4.04. The molecule has 0 atom stereocenters. The Morgan fingerprint density at radius 2 is 1.92 bits per heavy atom. The highest BCUT2D eigenvalue weighted by atomic mass is 19.4. The summed E-state index contributed by atoms with van der Waals surface area (Å²) in [6.07, 6.45) is 1.99. The predicted octanol–water partition coefficient (Wildman–Crippen LogP) is 4.59. The average molecular weight is 363 g/mol. The number of hydroxylamine groups is 1. The van der Waals surface area contributed by atoms with Crippen LogP contribution in [0.5, 0.6) is 0 Å². The van der Waals surface area contributed by atoms with Gasteiger partial charge in [0.1, 0.15) is 0 Å². The number of benzene rings is 1. The van der Waals surface area contributed by atoms with Gasteiger partial charge in [-0.05, 0) is 38.0 Å². The number of imidazole rings is 1. The minimum Gasteiger partial charge on any atom is -0.623 e. The van der Waals surface area contributed by atoms with Crippen molar-refractivity contribution < 1.29 is 17.9 Å². The quantitative estimate of drug-likeness (QED) is 0.549. The molecule has 1 saturated carbocycles. The third-order valence-corrected chi connectivity index (χ3v) is 5.40. The summed E-state index contributed by atoms with van der Waals surface area (Å²) in [5.74, 6) is 0.553. The van der Waals surface area contributed by atoms with Crippen molar-refractivity contribution in [1.29, 1.82) is 0 Å². The van der Waals surface area contributed by atoms with Gasteiger partial charge in [0.25, 0.3) is 0 Å². The second kappa shape index (κ2) is 6.14. The van der Waals surface area contributed by atoms with Gasteiger partial charge in [-0.15, -0.1) is 0 Å². The van der Waals surface area contributed by atoms with Crippen molar-refractivity contribution in [2.24, 2.45) is 5.92 Å². The van der Waals surface area contributed by atoms with Crippen molar-refractivity contribution >= 4 is 5.71 Å². The molecule has 0 bridgehead atoms. The molecule has 4 nitrogen and oxygen atoms in total. The predicted molar refractivity (Wildman–Crippen MR) is 91.3 cm³/mol. The molecule has 138 valence electrons. The Balaban J connectivity index is 1.96. The number of alkyl halides is 3. The first-order chi connectivity index (χ1) is 12.4. The molecule has 0 spiro atoms. The molecule has 1 fully saturated rings. The van der Waals surface area contributed by atoms with Crippen molar-refractivity contribution in [2.45, 2.75) is 51.7 Å². The fourth-order valence-corrected chi connectivity index (χ4v) is 4.19. The Bertz CT molecular complexity index is 877. The molecule has 1 aromatic heterocycles. The van der Waals surface area contributed by atoms with Crippen LogP contribution in [-0.2, 0) is 12.7 Å². The molecule has 2 aliphatic rings. The molecule has 2 heterocycles. The number of rotatable bonds is 1. The first kappa shape index (κ1) is 17.1. The number of aromatic nitrogens is 2. The van der Waals surface area contributed by atoms with Gasteiger partial charge in [-0.3, -0.25) is 4.57 Å². The Hall–Kier alpha value is -2.31. The van der Waals surface area contributed by atoms with Gasteiger partial charge < -0.3 is 5.21 Å². The number of nitrogens with zero attached hydrogens (tertiary/aromatic N) is 3. The second-order valence-corrected chi connectivity index (χ2v) is 7.14. The zero-order chi connectivity index (χ0) is 18.5. The van der Waals surface area contributed by atoms with Crippen LogP contribution in [0.4, 0.5) is 13.2 Å². The van der Waals surface area contributed by atoms with Gasteiger partial charge in [-0.1, -0.05) is 19.3 Å². The maximum Gasteiger partial charge on any atom is 0.416 e. The van der Waals surface area contributed by atoms with Gasteiger partial charge in [0.05, 0.1) is 16.8 Å². The largest absolute Gasteiger partial charge is 0.623 e. The van der Waals surface area contributed by atoms with E-state index in [1.54, 1.807) is 10.8 Å². The summed E-state index contributed by atoms with van der Waals surface area (Å²) in [4.78, 5) is 4.30. The van der Waals surface area contributed by atoms with Crippen LogP contribution >= 0.6 is 0 Å². The van der Waals surface area contributed by atoms with Crippen molar-refractivity contribution in [1.82, 2.24) is 9.55 Å². The summed E-state index contributed by atoms with van der Waals surface area (Å²) in [5.41, 5.74) is 1.57.